The summed E-state index contributed by atoms with van der Waals surface area (Å²) < 4.78 is 5.50. The van der Waals surface area contributed by atoms with E-state index in [1.807, 2.05) is 6.08 Å². The van der Waals surface area contributed by atoms with E-state index in [9.17, 15) is 19.8 Å². The van der Waals surface area contributed by atoms with E-state index in [2.05, 4.69) is 19.2 Å². The molecule has 0 spiro atoms. The van der Waals surface area contributed by atoms with Crippen molar-refractivity contribution in [1.82, 2.24) is 5.32 Å². The minimum Gasteiger partial charge on any atom is -0.466 e. The van der Waals surface area contributed by atoms with Crippen LogP contribution in [0.15, 0.2) is 12.2 Å². The highest BCUT2D eigenvalue weighted by Crippen LogP contribution is 2.19. The number of hydrogen-bond donors (Lipinski definition) is 3. The van der Waals surface area contributed by atoms with Crippen LogP contribution in [0, 0.1) is 0 Å². The fourth-order valence-electron chi connectivity index (χ4n) is 11.6. The van der Waals surface area contributed by atoms with Gasteiger partial charge in [0.05, 0.1) is 25.4 Å². The van der Waals surface area contributed by atoms with Gasteiger partial charge in [-0.25, -0.2) is 0 Å². The molecule has 0 aromatic carbocycles. The minimum absolute atomic E-state index is 0.0200. The predicted molar refractivity (Wildman–Crippen MR) is 343 cm³/mol. The van der Waals surface area contributed by atoms with Gasteiger partial charge in [0.25, 0.3) is 0 Å². The highest BCUT2D eigenvalue weighted by atomic mass is 16.5. The second-order valence-electron chi connectivity index (χ2n) is 24.9. The molecule has 6 nitrogen and oxygen atoms in total. The molecule has 0 heterocycles. The number of hydrogen-bond acceptors (Lipinski definition) is 5. The number of aliphatic hydroxyl groups excluding tert-OH is 2. The summed E-state index contributed by atoms with van der Waals surface area (Å²) in [5.41, 5.74) is 0. The van der Waals surface area contributed by atoms with Crippen molar-refractivity contribution in [3.8, 4) is 0 Å². The quantitative estimate of drug-likeness (QED) is 0.0320. The van der Waals surface area contributed by atoms with Gasteiger partial charge in [-0.3, -0.25) is 9.59 Å². The van der Waals surface area contributed by atoms with Crippen LogP contribution < -0.4 is 5.32 Å². The van der Waals surface area contributed by atoms with E-state index < -0.39 is 12.1 Å². The zero-order valence-electron chi connectivity index (χ0n) is 53.2. The molecule has 3 N–H and O–H groups in total. The van der Waals surface area contributed by atoms with Crippen LogP contribution in [-0.2, 0) is 14.3 Å². The van der Waals surface area contributed by atoms with Gasteiger partial charge < -0.3 is 20.3 Å². The molecular formula is C72H141NO5. The topological polar surface area (TPSA) is 95.9 Å². The summed E-state index contributed by atoms with van der Waals surface area (Å²) in [5, 5.41) is 23.3. The largest absolute Gasteiger partial charge is 0.466 e. The molecule has 0 aromatic rings. The van der Waals surface area contributed by atoms with Gasteiger partial charge in [-0.15, -0.1) is 0 Å². The van der Waals surface area contributed by atoms with Gasteiger partial charge in [0.15, 0.2) is 0 Å². The van der Waals surface area contributed by atoms with E-state index in [1.54, 1.807) is 6.08 Å². The molecule has 0 bridgehead atoms. The summed E-state index contributed by atoms with van der Waals surface area (Å²) in [4.78, 5) is 24.6. The normalized spacial score (nSPS) is 12.5. The molecule has 0 aliphatic carbocycles. The molecule has 78 heavy (non-hydrogen) atoms. The fraction of sp³-hybridized carbons (Fsp3) is 0.944. The smallest absolute Gasteiger partial charge is 0.305 e. The number of aliphatic hydroxyl groups is 2. The molecule has 0 saturated heterocycles. The molecule has 2 atom stereocenters. The van der Waals surface area contributed by atoms with Crippen molar-refractivity contribution in [2.75, 3.05) is 13.2 Å². The Bertz CT molecular complexity index is 1180. The van der Waals surface area contributed by atoms with Crippen molar-refractivity contribution in [2.24, 2.45) is 0 Å². The molecule has 0 aromatic heterocycles. The molecule has 0 aliphatic heterocycles. The van der Waals surface area contributed by atoms with Crippen LogP contribution in [0.1, 0.15) is 412 Å². The number of ether oxygens (including phenoxy) is 1. The van der Waals surface area contributed by atoms with Gasteiger partial charge in [0.1, 0.15) is 0 Å². The molecule has 2 unspecified atom stereocenters. The number of unbranched alkanes of at least 4 members (excludes halogenated alkanes) is 57. The molecule has 0 rings (SSSR count). The fourth-order valence-corrected chi connectivity index (χ4v) is 11.6. The van der Waals surface area contributed by atoms with Crippen molar-refractivity contribution in [3.63, 3.8) is 0 Å². The van der Waals surface area contributed by atoms with Crippen LogP contribution >= 0.6 is 0 Å². The Kier molecular flexibility index (Phi) is 66.9. The number of nitrogens with one attached hydrogen (secondary N) is 1. The molecule has 0 saturated carbocycles. The summed E-state index contributed by atoms with van der Waals surface area (Å²) >= 11 is 0. The van der Waals surface area contributed by atoms with Crippen LogP contribution in [-0.4, -0.2) is 47.4 Å². The highest BCUT2D eigenvalue weighted by molar-refractivity contribution is 5.76. The summed E-state index contributed by atoms with van der Waals surface area (Å²) in [7, 11) is 0. The van der Waals surface area contributed by atoms with Gasteiger partial charge in [0, 0.05) is 12.8 Å². The lowest BCUT2D eigenvalue weighted by molar-refractivity contribution is -0.143. The van der Waals surface area contributed by atoms with Crippen molar-refractivity contribution >= 4 is 11.9 Å². The van der Waals surface area contributed by atoms with Crippen LogP contribution in [0.25, 0.3) is 0 Å². The van der Waals surface area contributed by atoms with E-state index in [4.69, 9.17) is 4.74 Å². The maximum Gasteiger partial charge on any atom is 0.305 e. The summed E-state index contributed by atoms with van der Waals surface area (Å²) in [6.45, 7) is 4.95. The predicted octanol–water partition coefficient (Wildman–Crippen LogP) is 23.1. The average molecular weight is 1100 g/mol. The van der Waals surface area contributed by atoms with Crippen LogP contribution in [0.5, 0.6) is 0 Å². The Morgan fingerprint density at radius 2 is 0.590 bits per heavy atom. The van der Waals surface area contributed by atoms with E-state index >= 15 is 0 Å². The first-order valence-electron chi connectivity index (χ1n) is 36.0. The third-order valence-electron chi connectivity index (χ3n) is 17.1. The second kappa shape index (κ2) is 68.1. The SMILES string of the molecule is CCCCCCCCCCCCCCCCCCCCC/C=C/C(O)C(CO)NC(=O)CCCCCCCCCCCCCCCCCCCCCCCCCCCOC(=O)CCCCCCCCCCCCCCCCC. The molecule has 6 heteroatoms. The van der Waals surface area contributed by atoms with Gasteiger partial charge in [-0.1, -0.05) is 379 Å². The van der Waals surface area contributed by atoms with E-state index in [0.717, 1.165) is 38.5 Å². The Labute approximate surface area is 489 Å². The Morgan fingerprint density at radius 3 is 0.872 bits per heavy atom. The van der Waals surface area contributed by atoms with Gasteiger partial charge >= 0.3 is 5.97 Å². The van der Waals surface area contributed by atoms with E-state index in [0.29, 0.717) is 19.4 Å². The monoisotopic (exact) mass is 1100 g/mol. The third kappa shape index (κ3) is 63.8. The molecule has 0 fully saturated rings. The number of carbonyl (C=O) groups is 2. The molecule has 464 valence electrons. The zero-order chi connectivity index (χ0) is 56.4. The second-order valence-corrected chi connectivity index (χ2v) is 24.9. The molecule has 0 radical (unpaired) electrons. The van der Waals surface area contributed by atoms with Crippen LogP contribution in [0.3, 0.4) is 0 Å². The van der Waals surface area contributed by atoms with Crippen molar-refractivity contribution in [3.05, 3.63) is 12.2 Å². The molecular weight excluding hydrogens is 959 g/mol. The molecule has 1 amide bonds. The molecule has 0 aliphatic rings. The first-order chi connectivity index (χ1) is 38.5. The van der Waals surface area contributed by atoms with Crippen LogP contribution in [0.4, 0.5) is 0 Å². The van der Waals surface area contributed by atoms with Crippen molar-refractivity contribution in [2.45, 2.75) is 424 Å². The van der Waals surface area contributed by atoms with E-state index in [1.165, 1.54) is 347 Å². The number of allylic oxidation sites excluding steroid dienone is 1. The number of amides is 1. The first-order valence-corrected chi connectivity index (χ1v) is 36.0. The van der Waals surface area contributed by atoms with Gasteiger partial charge in [-0.2, -0.15) is 0 Å². The van der Waals surface area contributed by atoms with Crippen molar-refractivity contribution < 1.29 is 24.5 Å². The maximum atomic E-state index is 12.5. The van der Waals surface area contributed by atoms with Gasteiger partial charge in [0.2, 0.25) is 5.91 Å². The minimum atomic E-state index is -0.844. The number of carbonyl (C=O) groups excluding carboxylic acids is 2. The Morgan fingerprint density at radius 1 is 0.346 bits per heavy atom. The highest BCUT2D eigenvalue weighted by Gasteiger charge is 2.18. The lowest BCUT2D eigenvalue weighted by atomic mass is 10.0. The zero-order valence-corrected chi connectivity index (χ0v) is 53.2. The standard InChI is InChI=1S/C72H141NO5/c1-3-5-7-9-11-13-15-17-19-20-21-27-30-33-37-40-44-48-52-56-60-64-70(75)69(68-74)73-71(76)65-61-57-53-49-45-41-38-34-31-28-25-23-22-24-26-29-32-35-39-43-47-51-55-59-63-67-78-72(77)66-62-58-54-50-46-42-36-18-16-14-12-10-8-6-4-2/h60,64,69-70,74-75H,3-59,61-63,65-68H2,1-2H3,(H,73,76)/b64-60+. The summed E-state index contributed by atoms with van der Waals surface area (Å²) in [6, 6.07) is -0.627. The average Bonchev–Trinajstić information content (AvgIpc) is 3.44. The van der Waals surface area contributed by atoms with Crippen LogP contribution in [0.2, 0.25) is 0 Å². The van der Waals surface area contributed by atoms with E-state index in [-0.39, 0.29) is 18.5 Å². The lowest BCUT2D eigenvalue weighted by Crippen LogP contribution is -2.45. The Balaban J connectivity index is 3.37. The number of rotatable bonds is 68. The first kappa shape index (κ1) is 76.6. The van der Waals surface area contributed by atoms with Crippen molar-refractivity contribution in [1.29, 1.82) is 0 Å². The summed E-state index contributed by atoms with van der Waals surface area (Å²) in [6.07, 6.45) is 84.3. The summed E-state index contributed by atoms with van der Waals surface area (Å²) in [5.74, 6) is -0.0415. The third-order valence-corrected chi connectivity index (χ3v) is 17.1. The van der Waals surface area contributed by atoms with Gasteiger partial charge in [-0.05, 0) is 32.1 Å². The maximum absolute atomic E-state index is 12.5. The Hall–Kier alpha value is -1.40. The lowest BCUT2D eigenvalue weighted by Gasteiger charge is -2.20. The number of esters is 1.